The Hall–Kier alpha value is -13.1. The number of likely N-dealkylation sites (N-methyl/N-ethyl adjacent to an activating group) is 3. The summed E-state index contributed by atoms with van der Waals surface area (Å²) in [5, 5.41) is 83.8. The van der Waals surface area contributed by atoms with E-state index in [-0.39, 0.29) is 141 Å². The highest BCUT2D eigenvalue weighted by Crippen LogP contribution is 2.34. The lowest BCUT2D eigenvalue weighted by Gasteiger charge is -2.35. The third-order valence-electron chi connectivity index (χ3n) is 26.6. The number of hydrogen-bond acceptors (Lipinski definition) is 25. The number of carbonyl (C=O) groups excluding carboxylic acids is 15. The molecule has 788 valence electrons. The fraction of sp³-hybridized carbons (Fsp3) is 0.576. The third kappa shape index (κ3) is 33.0. The summed E-state index contributed by atoms with van der Waals surface area (Å²) in [4.78, 5) is 262. The zero-order valence-corrected chi connectivity index (χ0v) is 83.9. The van der Waals surface area contributed by atoms with Crippen LogP contribution in [0.1, 0.15) is 197 Å². The van der Waals surface area contributed by atoms with E-state index in [2.05, 4.69) is 68.1 Å². The Morgan fingerprint density at radius 2 is 1.22 bits per heavy atom. The van der Waals surface area contributed by atoms with Crippen LogP contribution in [0.15, 0.2) is 97.7 Å². The predicted octanol–water partition coefficient (Wildman–Crippen LogP) is 0.538. The minimum absolute atomic E-state index is 0.00899. The number of aliphatic carboxylic acids is 2. The molecule has 0 bridgehead atoms. The van der Waals surface area contributed by atoms with E-state index in [1.54, 1.807) is 55.1 Å². The zero-order valence-electron chi connectivity index (χ0n) is 83.1. The number of aliphatic hydroxyl groups is 2. The highest BCUT2D eigenvalue weighted by molar-refractivity contribution is 8.00. The van der Waals surface area contributed by atoms with Crippen LogP contribution >= 0.6 is 11.8 Å². The maximum atomic E-state index is 15.4. The van der Waals surface area contributed by atoms with Crippen LogP contribution in [0.25, 0.3) is 21.8 Å². The molecule has 144 heavy (non-hydrogen) atoms. The number of amides is 15. The number of fused-ring (bicyclic) bond motifs is 4. The standard InChI is InChI=1S/C99H144N22O22S/c1-9-11-27-78-94(138)112-72(40-57(3)4)91(135)115-76(90(134)107-50-82(102)124)54-144-55-84(126)110-74(41-59-31-34-63(122)35-32-59)96(140)116(6)58(5)88(132)114-75(45-86(128)129)98(142)120-39-21-30-79(120)95(139)113-73(43-62-48-103-56-108-62)92(136)111-71(26-18-20-38-101)97(141)121-51-64(123)44-81(121)93(137)106-47-61(67-49-104-69-24-15-13-22-65(67)69)42-83(125)109-70(25-17-19-37-100)89(133)105-46-60(68-52-119(53-87(130)131)77-29-16-14-23-66(68)77)33-36-85(127)117(7)80(28-12-10-2)99(143)118(78)8/h13-16,22-24,29,31-32,34-35,48-49,52,56-58,60-61,64,70-76,78-81,83,104,109,122-123,125H,9-12,17-21,25-28,30,33,36-47,50-51,53-55,100-101H2,1-8H3,(H2,102,124)(H,103,108)(H,105,133)(H,106,137)(H,107,134)(H,110,126)(H,111,136)(H,112,138)(H,113,139)(H,114,132)(H,115,135)(H,128,129)(H,130,131)/t58-,60-,61?,64+,70-,71-,72-,73-,74-,75-,76-,78-,79-,80-,81-,83?/m0/s1. The van der Waals surface area contributed by atoms with Gasteiger partial charge in [-0.25, -0.2) is 4.98 Å². The van der Waals surface area contributed by atoms with E-state index < -0.39 is 228 Å². The first-order valence-electron chi connectivity index (χ1n) is 49.5. The number of aromatic hydroxyl groups is 1. The topological polar surface area (TPSA) is 655 Å². The summed E-state index contributed by atoms with van der Waals surface area (Å²) >= 11 is 0.791. The number of benzene rings is 3. The van der Waals surface area contributed by atoms with Crippen molar-refractivity contribution >= 4 is 134 Å². The number of aromatic amines is 2. The number of carbonyl (C=O) groups is 17. The summed E-state index contributed by atoms with van der Waals surface area (Å²) < 4.78 is 1.55. The van der Waals surface area contributed by atoms with Gasteiger partial charge in [0.1, 0.15) is 85.0 Å². The van der Waals surface area contributed by atoms with Crippen molar-refractivity contribution in [3.63, 3.8) is 0 Å². The van der Waals surface area contributed by atoms with Crippen molar-refractivity contribution in [1.29, 1.82) is 0 Å². The second kappa shape index (κ2) is 56.2. The number of rotatable bonds is 29. The minimum atomic E-state index is -1.90. The van der Waals surface area contributed by atoms with Crippen LogP contribution < -0.4 is 70.4 Å². The molecule has 23 N–H and O–H groups in total. The van der Waals surface area contributed by atoms with E-state index in [1.165, 1.54) is 74.7 Å². The summed E-state index contributed by atoms with van der Waals surface area (Å²) in [6.45, 7) is 6.99. The van der Waals surface area contributed by atoms with Gasteiger partial charge in [-0.1, -0.05) is 108 Å². The van der Waals surface area contributed by atoms with E-state index in [1.807, 2.05) is 38.1 Å². The number of carboxylic acids is 2. The molecule has 0 aliphatic carbocycles. The van der Waals surface area contributed by atoms with Gasteiger partial charge in [0.2, 0.25) is 88.6 Å². The van der Waals surface area contributed by atoms with Crippen molar-refractivity contribution < 1.29 is 107 Å². The van der Waals surface area contributed by atoms with Crippen LogP contribution in [0.5, 0.6) is 5.75 Å². The fourth-order valence-corrected chi connectivity index (χ4v) is 19.4. The number of aromatic nitrogens is 4. The lowest BCUT2D eigenvalue weighted by Crippen LogP contribution is -2.60. The first-order chi connectivity index (χ1) is 68.7. The number of phenolic OH excluding ortho intramolecular Hbond substituents is 1. The van der Waals surface area contributed by atoms with Crippen molar-refractivity contribution in [1.82, 2.24) is 97.2 Å². The Labute approximate surface area is 840 Å². The molecule has 45 heteroatoms. The number of primary amides is 1. The molecule has 44 nitrogen and oxygen atoms in total. The largest absolute Gasteiger partial charge is 0.508 e. The second-order valence-electron chi connectivity index (χ2n) is 37.9. The lowest BCUT2D eigenvalue weighted by atomic mass is 9.92. The average Bonchev–Trinajstić information content (AvgIpc) is 1.65. The van der Waals surface area contributed by atoms with Gasteiger partial charge in [-0.3, -0.25) is 86.8 Å². The highest BCUT2D eigenvalue weighted by atomic mass is 32.2. The normalized spacial score (nSPS) is 25.0. The summed E-state index contributed by atoms with van der Waals surface area (Å²) in [6.07, 6.45) is 4.94. The molecule has 6 aromatic rings. The molecule has 6 heterocycles. The number of unbranched alkanes of at least 4 members (excludes halogenated alkanes) is 4. The molecule has 15 amide bonds. The van der Waals surface area contributed by atoms with Crippen LogP contribution in [-0.2, 0) is 101 Å². The monoisotopic (exact) mass is 2030 g/mol. The van der Waals surface area contributed by atoms with Gasteiger partial charge in [-0.15, -0.1) is 11.8 Å². The zero-order chi connectivity index (χ0) is 105. The quantitative estimate of drug-likeness (QED) is 0.0285. The average molecular weight is 2030 g/mol. The van der Waals surface area contributed by atoms with Crippen LogP contribution in [0.4, 0.5) is 0 Å². The lowest BCUT2D eigenvalue weighted by molar-refractivity contribution is -0.148. The number of nitrogens with zero attached hydrogens (tertiary/aromatic N) is 7. The van der Waals surface area contributed by atoms with E-state index in [0.717, 1.165) is 31.8 Å². The first kappa shape index (κ1) is 114. The third-order valence-corrected chi connectivity index (χ3v) is 27.6. The minimum Gasteiger partial charge on any atom is -0.508 e. The summed E-state index contributed by atoms with van der Waals surface area (Å²) in [7, 11) is 4.11. The SMILES string of the molecule is CCCC[C@H]1C(=O)N(C)[C@@H](CCCC)C(=O)N[C@@H](CC(C)C)C(=O)N[C@H](C(=O)NCC(N)=O)CSCC(=O)N[C@@H](Cc2ccc(O)cc2)C(=O)N(C)[C@@H](C)C(=O)N[C@@H](CC(=O)O)C(=O)N2CCC[C@H]2C(=O)N[C@@H](Cc2cnc[nH]2)C(=O)N[C@@H](CCCCN)C(=O)N2C[C@H](O)C[C@H]2C(=O)NCC(c2c[nH]c3ccccc23)CC(O)N[C@@H](CCCCN)C(=O)NC[C@@H](c2cn(CC(=O)O)c3ccccc23)CCC(=O)N1C. The first-order valence-corrected chi connectivity index (χ1v) is 50.7. The molecule has 3 aliphatic heterocycles. The second-order valence-corrected chi connectivity index (χ2v) is 38.9. The van der Waals surface area contributed by atoms with Crippen LogP contribution in [0.2, 0.25) is 0 Å². The fourth-order valence-electron chi connectivity index (χ4n) is 18.6. The van der Waals surface area contributed by atoms with Gasteiger partial charge in [0.15, 0.2) is 0 Å². The smallest absolute Gasteiger partial charge is 0.323 e. The number of para-hydroxylation sites is 2. The molecular formula is C99H144N22O22S. The predicted molar refractivity (Wildman–Crippen MR) is 534 cm³/mol. The van der Waals surface area contributed by atoms with Crippen molar-refractivity contribution in [3.05, 3.63) is 120 Å². The maximum absolute atomic E-state index is 15.4. The van der Waals surface area contributed by atoms with Crippen molar-refractivity contribution in [2.75, 3.05) is 78.5 Å². The number of H-pyrrole nitrogens is 2. The van der Waals surface area contributed by atoms with Gasteiger partial charge in [0, 0.05) is 137 Å². The van der Waals surface area contributed by atoms with Crippen molar-refractivity contribution in [2.24, 2.45) is 23.1 Å². The number of imidazole rings is 1. The molecule has 9 rings (SSSR count). The Kier molecular flexibility index (Phi) is 44.7. The van der Waals surface area contributed by atoms with Gasteiger partial charge >= 0.3 is 11.9 Å². The number of aliphatic hydroxyl groups excluding tert-OH is 2. The van der Waals surface area contributed by atoms with Crippen LogP contribution in [-0.4, -0.2) is 333 Å². The van der Waals surface area contributed by atoms with Gasteiger partial charge in [-0.2, -0.15) is 0 Å². The Balaban J connectivity index is 1.07. The van der Waals surface area contributed by atoms with Crippen LogP contribution in [0, 0.1) is 5.92 Å². The summed E-state index contributed by atoms with van der Waals surface area (Å²) in [6, 6.07) is 2.70. The Morgan fingerprint density at radius 1 is 0.583 bits per heavy atom. The Bertz CT molecular complexity index is 5390. The maximum Gasteiger partial charge on any atom is 0.323 e. The molecular weight excluding hydrogens is 1880 g/mol. The number of nitrogens with two attached hydrogens (primary N) is 3. The highest BCUT2D eigenvalue weighted by Gasteiger charge is 2.46. The number of hydrogen-bond donors (Lipinski definition) is 20. The molecule has 3 aliphatic rings. The molecule has 0 saturated carbocycles. The molecule has 2 unspecified atom stereocenters. The Morgan fingerprint density at radius 3 is 1.88 bits per heavy atom. The summed E-state index contributed by atoms with van der Waals surface area (Å²) in [5.74, 6) is -18.0. The molecule has 3 saturated heterocycles. The number of thioether (sulfide) groups is 1. The molecule has 16 atom stereocenters. The van der Waals surface area contributed by atoms with E-state index >= 15 is 33.6 Å². The van der Waals surface area contributed by atoms with Crippen molar-refractivity contribution in [2.45, 2.75) is 279 Å². The van der Waals surface area contributed by atoms with Gasteiger partial charge in [-0.05, 0) is 144 Å². The summed E-state index contributed by atoms with van der Waals surface area (Å²) in [5.41, 5.74) is 20.7. The number of phenols is 1. The van der Waals surface area contributed by atoms with E-state index in [4.69, 9.17) is 17.2 Å². The van der Waals surface area contributed by atoms with E-state index in [9.17, 15) is 73.5 Å². The molecule has 3 fully saturated rings. The molecule has 0 radical (unpaired) electrons. The van der Waals surface area contributed by atoms with Gasteiger partial charge in [0.05, 0.1) is 37.2 Å². The van der Waals surface area contributed by atoms with Gasteiger partial charge < -0.3 is 130 Å². The van der Waals surface area contributed by atoms with Crippen molar-refractivity contribution in [3.8, 4) is 5.75 Å². The number of nitrogens with one attached hydrogen (secondary N) is 12. The van der Waals surface area contributed by atoms with Gasteiger partial charge in [0.25, 0.3) is 0 Å². The molecule has 0 spiro atoms. The van der Waals surface area contributed by atoms with E-state index in [0.29, 0.717) is 83.7 Å². The molecule has 3 aromatic heterocycles. The van der Waals surface area contributed by atoms with Crippen LogP contribution in [0.3, 0.4) is 0 Å². The molecule has 3 aromatic carbocycles. The number of carboxylic acid groups (broad SMARTS) is 2.